The zero-order valence-electron chi connectivity index (χ0n) is 13.5. The van der Waals surface area contributed by atoms with Gasteiger partial charge in [0.15, 0.2) is 0 Å². The molecule has 0 aliphatic rings. The van der Waals surface area contributed by atoms with E-state index in [4.69, 9.17) is 10.2 Å². The van der Waals surface area contributed by atoms with Crippen molar-refractivity contribution < 1.29 is 19.8 Å². The monoisotopic (exact) mass is 302 g/mol. The first-order valence-electron chi connectivity index (χ1n) is 7.77. The number of hydrogen-bond acceptors (Lipinski definition) is 3. The van der Waals surface area contributed by atoms with Crippen molar-refractivity contribution in [3.05, 3.63) is 0 Å². The standard InChI is InChI=1S/C15H30N2O4/c1-4-9-17(10-11-18)15(21)16-8-7-13(12(2)3)5-6-14(19)20/h12-13,18H,4-11H2,1-3H3,(H,16,21)(H,19,20). The molecule has 6 nitrogen and oxygen atoms in total. The minimum atomic E-state index is -0.776. The molecule has 0 saturated carbocycles. The van der Waals surface area contributed by atoms with Gasteiger partial charge in [-0.15, -0.1) is 0 Å². The van der Waals surface area contributed by atoms with E-state index < -0.39 is 5.97 Å². The summed E-state index contributed by atoms with van der Waals surface area (Å²) in [5.74, 6) is -0.0916. The molecule has 0 aromatic carbocycles. The van der Waals surface area contributed by atoms with Crippen LogP contribution < -0.4 is 5.32 Å². The second kappa shape index (κ2) is 11.4. The number of carbonyl (C=O) groups excluding carboxylic acids is 1. The van der Waals surface area contributed by atoms with Gasteiger partial charge < -0.3 is 20.4 Å². The lowest BCUT2D eigenvalue weighted by molar-refractivity contribution is -0.137. The van der Waals surface area contributed by atoms with Crippen LogP contribution in [-0.4, -0.2) is 53.4 Å². The van der Waals surface area contributed by atoms with E-state index in [1.54, 1.807) is 4.90 Å². The highest BCUT2D eigenvalue weighted by molar-refractivity contribution is 5.74. The quantitative estimate of drug-likeness (QED) is 0.544. The van der Waals surface area contributed by atoms with Crippen molar-refractivity contribution in [1.82, 2.24) is 10.2 Å². The van der Waals surface area contributed by atoms with Crippen molar-refractivity contribution in [3.63, 3.8) is 0 Å². The molecule has 1 unspecified atom stereocenters. The predicted molar refractivity (Wildman–Crippen MR) is 82.2 cm³/mol. The Balaban J connectivity index is 4.16. The fourth-order valence-electron chi connectivity index (χ4n) is 2.30. The number of aliphatic hydroxyl groups excluding tert-OH is 1. The smallest absolute Gasteiger partial charge is 0.317 e. The number of nitrogens with zero attached hydrogens (tertiary/aromatic N) is 1. The second-order valence-electron chi connectivity index (χ2n) is 5.67. The molecule has 0 spiro atoms. The first-order chi connectivity index (χ1) is 9.92. The van der Waals surface area contributed by atoms with Crippen LogP contribution in [0.2, 0.25) is 0 Å². The van der Waals surface area contributed by atoms with Gasteiger partial charge in [0.1, 0.15) is 0 Å². The van der Waals surface area contributed by atoms with E-state index >= 15 is 0 Å². The number of hydrogen-bond donors (Lipinski definition) is 3. The summed E-state index contributed by atoms with van der Waals surface area (Å²) in [7, 11) is 0. The average Bonchev–Trinajstić information content (AvgIpc) is 2.41. The lowest BCUT2D eigenvalue weighted by Crippen LogP contribution is -2.42. The zero-order chi connectivity index (χ0) is 16.3. The Morgan fingerprint density at radius 2 is 1.86 bits per heavy atom. The van der Waals surface area contributed by atoms with Crippen LogP contribution in [0.5, 0.6) is 0 Å². The zero-order valence-corrected chi connectivity index (χ0v) is 13.5. The molecule has 0 aromatic rings. The minimum absolute atomic E-state index is 0.0410. The Morgan fingerprint density at radius 3 is 2.33 bits per heavy atom. The van der Waals surface area contributed by atoms with Crippen LogP contribution >= 0.6 is 0 Å². The van der Waals surface area contributed by atoms with Gasteiger partial charge in [-0.2, -0.15) is 0 Å². The highest BCUT2D eigenvalue weighted by Crippen LogP contribution is 2.20. The van der Waals surface area contributed by atoms with Crippen LogP contribution in [0, 0.1) is 11.8 Å². The van der Waals surface area contributed by atoms with Crippen LogP contribution in [0.25, 0.3) is 0 Å². The van der Waals surface area contributed by atoms with Gasteiger partial charge in [0.25, 0.3) is 0 Å². The molecule has 1 atom stereocenters. The molecule has 6 heteroatoms. The van der Waals surface area contributed by atoms with Crippen molar-refractivity contribution in [2.75, 3.05) is 26.2 Å². The largest absolute Gasteiger partial charge is 0.481 e. The molecule has 0 bridgehead atoms. The second-order valence-corrected chi connectivity index (χ2v) is 5.67. The topological polar surface area (TPSA) is 89.9 Å². The molecule has 0 aromatic heterocycles. The summed E-state index contributed by atoms with van der Waals surface area (Å²) in [5, 5.41) is 20.5. The molecule has 3 N–H and O–H groups in total. The molecule has 21 heavy (non-hydrogen) atoms. The van der Waals surface area contributed by atoms with Gasteiger partial charge in [-0.1, -0.05) is 20.8 Å². The number of aliphatic carboxylic acids is 1. The lowest BCUT2D eigenvalue weighted by Gasteiger charge is -2.24. The maximum Gasteiger partial charge on any atom is 0.317 e. The number of carboxylic acid groups (broad SMARTS) is 1. The summed E-state index contributed by atoms with van der Waals surface area (Å²) in [4.78, 5) is 24.2. The van der Waals surface area contributed by atoms with Gasteiger partial charge in [-0.05, 0) is 31.1 Å². The molecule has 0 radical (unpaired) electrons. The Labute approximate surface area is 127 Å². The lowest BCUT2D eigenvalue weighted by atomic mass is 9.88. The highest BCUT2D eigenvalue weighted by Gasteiger charge is 2.16. The fourth-order valence-corrected chi connectivity index (χ4v) is 2.30. The van der Waals surface area contributed by atoms with E-state index in [0.29, 0.717) is 37.9 Å². The number of urea groups is 1. The van der Waals surface area contributed by atoms with Gasteiger partial charge in [-0.3, -0.25) is 4.79 Å². The molecular weight excluding hydrogens is 272 g/mol. The molecule has 0 aliphatic carbocycles. The van der Waals surface area contributed by atoms with Crippen molar-refractivity contribution in [3.8, 4) is 0 Å². The SMILES string of the molecule is CCCN(CCO)C(=O)NCCC(CCC(=O)O)C(C)C. The van der Waals surface area contributed by atoms with Gasteiger partial charge in [0.2, 0.25) is 0 Å². The summed E-state index contributed by atoms with van der Waals surface area (Å²) < 4.78 is 0. The van der Waals surface area contributed by atoms with Crippen molar-refractivity contribution in [2.24, 2.45) is 11.8 Å². The van der Waals surface area contributed by atoms with Crippen LogP contribution in [0.3, 0.4) is 0 Å². The van der Waals surface area contributed by atoms with Crippen molar-refractivity contribution >= 4 is 12.0 Å². The fraction of sp³-hybridized carbons (Fsp3) is 0.867. The Morgan fingerprint density at radius 1 is 1.19 bits per heavy atom. The number of amides is 2. The van der Waals surface area contributed by atoms with E-state index in [0.717, 1.165) is 12.8 Å². The Kier molecular flexibility index (Phi) is 10.7. The molecule has 124 valence electrons. The van der Waals surface area contributed by atoms with Crippen LogP contribution in [0.15, 0.2) is 0 Å². The van der Waals surface area contributed by atoms with E-state index in [1.165, 1.54) is 0 Å². The van der Waals surface area contributed by atoms with Crippen LogP contribution in [0.1, 0.15) is 46.5 Å². The molecule has 0 heterocycles. The van der Waals surface area contributed by atoms with Crippen molar-refractivity contribution in [1.29, 1.82) is 0 Å². The van der Waals surface area contributed by atoms with Crippen molar-refractivity contribution in [2.45, 2.75) is 46.5 Å². The van der Waals surface area contributed by atoms with E-state index in [2.05, 4.69) is 19.2 Å². The maximum absolute atomic E-state index is 12.0. The number of rotatable bonds is 11. The third-order valence-electron chi connectivity index (χ3n) is 3.61. The molecule has 0 rings (SSSR count). The van der Waals surface area contributed by atoms with Gasteiger partial charge in [0, 0.05) is 26.1 Å². The summed E-state index contributed by atoms with van der Waals surface area (Å²) >= 11 is 0. The van der Waals surface area contributed by atoms with E-state index in [1.807, 2.05) is 6.92 Å². The van der Waals surface area contributed by atoms with Crippen LogP contribution in [-0.2, 0) is 4.79 Å². The average molecular weight is 302 g/mol. The molecule has 0 saturated heterocycles. The van der Waals surface area contributed by atoms with E-state index in [-0.39, 0.29) is 19.1 Å². The summed E-state index contributed by atoms with van der Waals surface area (Å²) in [5.41, 5.74) is 0. The third kappa shape index (κ3) is 9.28. The normalized spacial score (nSPS) is 12.2. The number of aliphatic hydroxyl groups is 1. The van der Waals surface area contributed by atoms with Gasteiger partial charge in [-0.25, -0.2) is 4.79 Å². The third-order valence-corrected chi connectivity index (χ3v) is 3.61. The summed E-state index contributed by atoms with van der Waals surface area (Å²) in [6, 6.07) is -0.161. The minimum Gasteiger partial charge on any atom is -0.481 e. The number of nitrogens with one attached hydrogen (secondary N) is 1. The molecule has 2 amide bonds. The first-order valence-corrected chi connectivity index (χ1v) is 7.77. The van der Waals surface area contributed by atoms with Crippen LogP contribution in [0.4, 0.5) is 4.79 Å². The molecule has 0 aliphatic heterocycles. The first kappa shape index (κ1) is 19.7. The predicted octanol–water partition coefficient (Wildman–Crippen LogP) is 1.93. The molecule has 0 fully saturated rings. The van der Waals surface area contributed by atoms with Gasteiger partial charge >= 0.3 is 12.0 Å². The maximum atomic E-state index is 12.0. The summed E-state index contributed by atoms with van der Waals surface area (Å²) in [6.45, 7) is 7.59. The number of carbonyl (C=O) groups is 2. The Hall–Kier alpha value is -1.30. The number of carboxylic acids is 1. The van der Waals surface area contributed by atoms with Gasteiger partial charge in [0.05, 0.1) is 6.61 Å². The molecular formula is C15H30N2O4. The van der Waals surface area contributed by atoms with E-state index in [9.17, 15) is 9.59 Å². The summed E-state index contributed by atoms with van der Waals surface area (Å²) in [6.07, 6.45) is 2.43. The Bertz CT molecular complexity index is 302. The highest BCUT2D eigenvalue weighted by atomic mass is 16.4.